The molecular weight excluding hydrogens is 1300 g/mol. The first kappa shape index (κ1) is 56.3. The van der Waals surface area contributed by atoms with E-state index >= 15 is 0 Å². The van der Waals surface area contributed by atoms with Crippen LogP contribution in [0.15, 0.2) is 295 Å². The molecule has 0 atom stereocenters. The van der Waals surface area contributed by atoms with Gasteiger partial charge in [-0.1, -0.05) is 259 Å². The Bertz CT molecular complexity index is 7120. The molecule has 0 unspecified atom stereocenters. The quantitative estimate of drug-likeness (QED) is 0.149. The highest BCUT2D eigenvalue weighted by Crippen LogP contribution is 2.56. The molecule has 6 nitrogen and oxygen atoms in total. The highest BCUT2D eigenvalue weighted by atomic mass is 16.3. The van der Waals surface area contributed by atoms with E-state index in [0.29, 0.717) is 5.69 Å². The zero-order valence-electron chi connectivity index (χ0n) is 70.3. The van der Waals surface area contributed by atoms with Crippen LogP contribution in [0, 0.1) is 0 Å². The lowest BCUT2D eigenvalue weighted by molar-refractivity contribution is 0.590. The molecule has 7 heteroatoms. The van der Waals surface area contributed by atoms with Crippen molar-refractivity contribution in [3.8, 4) is 39.3 Å². The third-order valence-corrected chi connectivity index (χ3v) is 22.9. The minimum Gasteiger partial charge on any atom is -0.456 e. The van der Waals surface area contributed by atoms with Crippen LogP contribution < -0.4 is 26.2 Å². The molecule has 0 amide bonds. The van der Waals surface area contributed by atoms with Gasteiger partial charge in [-0.3, -0.25) is 0 Å². The summed E-state index contributed by atoms with van der Waals surface area (Å²) in [4.78, 5) is 5.05. The summed E-state index contributed by atoms with van der Waals surface area (Å²) in [5, 5.41) is 6.29. The largest absolute Gasteiger partial charge is 0.456 e. The monoisotopic (exact) mass is 1390 g/mol. The van der Waals surface area contributed by atoms with Crippen molar-refractivity contribution < 1.29 is 15.4 Å². The van der Waals surface area contributed by atoms with E-state index in [1.165, 1.54) is 27.5 Å². The average molecular weight is 1390 g/mol. The minimum atomic E-state index is -0.532. The molecule has 0 radical (unpaired) electrons. The van der Waals surface area contributed by atoms with Crippen molar-refractivity contribution in [1.29, 1.82) is 0 Å². The summed E-state index contributed by atoms with van der Waals surface area (Å²) >= 11 is 0. The molecule has 0 saturated heterocycles. The van der Waals surface area contributed by atoms with Gasteiger partial charge in [0.1, 0.15) is 11.2 Å². The highest BCUT2D eigenvalue weighted by Gasteiger charge is 2.47. The zero-order valence-corrected chi connectivity index (χ0v) is 62.3. The second kappa shape index (κ2) is 23.2. The summed E-state index contributed by atoms with van der Waals surface area (Å²) < 4.78 is 89.8. The molecule has 2 aliphatic rings. The number of furan rings is 1. The van der Waals surface area contributed by atoms with Gasteiger partial charge < -0.3 is 27.9 Å². The zero-order chi connectivity index (χ0) is 79.9. The van der Waals surface area contributed by atoms with Crippen LogP contribution in [0.2, 0.25) is 0 Å². The van der Waals surface area contributed by atoms with E-state index in [0.717, 1.165) is 144 Å². The van der Waals surface area contributed by atoms with E-state index in [-0.39, 0.29) is 50.1 Å². The second-order valence-corrected chi connectivity index (χ2v) is 33.5. The van der Waals surface area contributed by atoms with Gasteiger partial charge in [0.05, 0.1) is 60.8 Å². The topological polar surface area (TPSA) is 34.4 Å². The fourth-order valence-corrected chi connectivity index (χ4v) is 17.5. The second-order valence-electron chi connectivity index (χ2n) is 33.5. The third kappa shape index (κ3) is 9.85. The van der Waals surface area contributed by atoms with E-state index in [1.54, 1.807) is 4.57 Å². The van der Waals surface area contributed by atoms with Gasteiger partial charge in [-0.15, -0.1) is 0 Å². The van der Waals surface area contributed by atoms with Crippen molar-refractivity contribution in [2.24, 2.45) is 0 Å². The Labute approximate surface area is 637 Å². The van der Waals surface area contributed by atoms with E-state index in [1.807, 2.05) is 12.1 Å². The molecule has 0 bridgehead atoms. The number of nitrogens with zero attached hydrogens (tertiary/aromatic N) is 5. The van der Waals surface area contributed by atoms with Gasteiger partial charge in [0.15, 0.2) is 0 Å². The lowest BCUT2D eigenvalue weighted by Gasteiger charge is -2.46. The predicted molar refractivity (Wildman–Crippen MR) is 456 cm³/mol. The van der Waals surface area contributed by atoms with Crippen molar-refractivity contribution >= 4 is 145 Å². The smallest absolute Gasteiger partial charge is 0.252 e. The van der Waals surface area contributed by atoms with Gasteiger partial charge in [0, 0.05) is 88.6 Å². The van der Waals surface area contributed by atoms with Crippen LogP contribution in [-0.2, 0) is 21.7 Å². The molecule has 20 rings (SSSR count). The van der Waals surface area contributed by atoms with Crippen LogP contribution in [0.3, 0.4) is 0 Å². The molecular formula is C100H84BN5O. The minimum absolute atomic E-state index is 0.00628. The van der Waals surface area contributed by atoms with Crippen LogP contribution in [0.1, 0.15) is 116 Å². The lowest BCUT2D eigenvalue weighted by atomic mass is 9.33. The maximum absolute atomic E-state index is 9.94. The average Bonchev–Trinajstić information content (AvgIpc) is 1.62. The predicted octanol–water partition coefficient (Wildman–Crippen LogP) is 25.5. The number of rotatable bonds is 7. The standard InChI is InChI=1S/C100H84BN5O/c1-97(2,3)63-32-27-33-67(54-63)104-82-40-25-21-36-74(82)92-85(104)52-46-70(61-28-15-13-16-29-61)95(92)105-86-59-68(102-80-38-23-19-34-72(80)73-35-20-24-39-81(73)102)44-48-78(86)101-79-49-45-69(103-83-50-42-64(98(4,5)6)55-76(83)77-56-65(99(7,8)9)43-51-84(77)103)60-87(79)106(89-58-66(100(10,11)12)57-88(105)94(89)101)96-71(62-30-17-14-18-31-62)47-53-91-93(96)75-37-22-26-41-90(75)107-91/h13-60H,1-12H3/i19D,20D,23D,24D,34D,35D,38D,39D. The van der Waals surface area contributed by atoms with Crippen molar-refractivity contribution in [3.05, 3.63) is 313 Å². The normalized spacial score (nSPS) is 14.4. The van der Waals surface area contributed by atoms with Gasteiger partial charge in [-0.05, 0) is 187 Å². The lowest BCUT2D eigenvalue weighted by Crippen LogP contribution is -2.61. The third-order valence-electron chi connectivity index (χ3n) is 22.9. The number of benzene rings is 14. The van der Waals surface area contributed by atoms with Crippen LogP contribution in [-0.4, -0.2) is 20.4 Å². The van der Waals surface area contributed by atoms with Gasteiger partial charge in [-0.25, -0.2) is 0 Å². The maximum atomic E-state index is 9.94. The molecule has 0 fully saturated rings. The summed E-state index contributed by atoms with van der Waals surface area (Å²) in [5.41, 5.74) is 24.2. The summed E-state index contributed by atoms with van der Waals surface area (Å²) in [6.07, 6.45) is 0. The van der Waals surface area contributed by atoms with Gasteiger partial charge in [-0.2, -0.15) is 0 Å². The number of para-hydroxylation sites is 4. The van der Waals surface area contributed by atoms with Crippen molar-refractivity contribution in [1.82, 2.24) is 13.7 Å². The van der Waals surface area contributed by atoms with Crippen molar-refractivity contribution in [2.45, 2.75) is 105 Å². The van der Waals surface area contributed by atoms with Gasteiger partial charge in [0.2, 0.25) is 0 Å². The first-order valence-electron chi connectivity index (χ1n) is 41.4. The first-order valence-corrected chi connectivity index (χ1v) is 37.4. The van der Waals surface area contributed by atoms with Crippen LogP contribution in [0.4, 0.5) is 34.1 Å². The molecule has 0 N–H and O–H groups in total. The highest BCUT2D eigenvalue weighted by molar-refractivity contribution is 7.00. The Morgan fingerprint density at radius 2 is 0.748 bits per heavy atom. The molecule has 0 aliphatic carbocycles. The van der Waals surface area contributed by atoms with Crippen LogP contribution in [0.25, 0.3) is 127 Å². The van der Waals surface area contributed by atoms with E-state index in [2.05, 4.69) is 333 Å². The summed E-state index contributed by atoms with van der Waals surface area (Å²) in [6.45, 7) is 26.8. The van der Waals surface area contributed by atoms with E-state index in [9.17, 15) is 8.22 Å². The molecule has 6 heterocycles. The Hall–Kier alpha value is -12.1. The molecule has 14 aromatic carbocycles. The summed E-state index contributed by atoms with van der Waals surface area (Å²) in [6, 6.07) is 85.0. The van der Waals surface area contributed by atoms with Crippen molar-refractivity contribution in [3.63, 3.8) is 0 Å². The SMILES string of the molecule is [2H]c1c([2H])c([2H])c2c(c1[2H])c1c([2H])c([2H])c([2H])c([2H])c1n2-c1ccc2c(c1)N(c1c(-c3ccccc3)ccc3c1c1ccccc1n3-c1cccc(C(C)(C)C)c1)c1cc(C(C)(C)C)cc3c1B2c1ccc(-n2c4ccc(C(C)(C)C)cc4c4cc(C(C)(C)C)ccc42)cc1N3c1c(-c2ccccc2)ccc2oc3ccccc3c12. The summed E-state index contributed by atoms with van der Waals surface area (Å²) in [5.74, 6) is 0. The Morgan fingerprint density at radius 3 is 1.31 bits per heavy atom. The molecule has 107 heavy (non-hydrogen) atoms. The molecule has 4 aromatic heterocycles. The molecule has 18 aromatic rings. The Balaban J connectivity index is 0.990. The van der Waals surface area contributed by atoms with Crippen LogP contribution >= 0.6 is 0 Å². The van der Waals surface area contributed by atoms with E-state index in [4.69, 9.17) is 7.16 Å². The van der Waals surface area contributed by atoms with E-state index < -0.39 is 48.4 Å². The molecule has 0 spiro atoms. The Morgan fingerprint density at radius 1 is 0.299 bits per heavy atom. The number of fused-ring (bicyclic) bond motifs is 16. The first-order chi connectivity index (χ1) is 55.0. The van der Waals surface area contributed by atoms with Gasteiger partial charge >= 0.3 is 0 Å². The Kier molecular flexibility index (Phi) is 12.2. The number of hydrogen-bond donors (Lipinski definition) is 0. The molecule has 2 aliphatic heterocycles. The molecule has 518 valence electrons. The fourth-order valence-electron chi connectivity index (χ4n) is 17.5. The number of anilines is 6. The fraction of sp³-hybridized carbons (Fsp3) is 0.160. The van der Waals surface area contributed by atoms with Crippen molar-refractivity contribution in [2.75, 3.05) is 9.80 Å². The van der Waals surface area contributed by atoms with Crippen LogP contribution in [0.5, 0.6) is 0 Å². The number of hydrogen-bond acceptors (Lipinski definition) is 3. The summed E-state index contributed by atoms with van der Waals surface area (Å²) in [7, 11) is 0. The molecule has 0 saturated carbocycles. The number of aromatic nitrogens is 3. The van der Waals surface area contributed by atoms with Gasteiger partial charge in [0.25, 0.3) is 6.71 Å². The maximum Gasteiger partial charge on any atom is 0.252 e.